The summed E-state index contributed by atoms with van der Waals surface area (Å²) in [5.41, 5.74) is -0.980. The summed E-state index contributed by atoms with van der Waals surface area (Å²) >= 11 is 23.2. The Hall–Kier alpha value is -0.750. The van der Waals surface area contributed by atoms with Crippen LogP contribution in [-0.2, 0) is 14.3 Å². The number of hydrogen-bond acceptors (Lipinski definition) is 4. The fourth-order valence-electron chi connectivity index (χ4n) is 1.59. The van der Waals surface area contributed by atoms with E-state index in [0.717, 1.165) is 0 Å². The maximum absolute atomic E-state index is 11.8. The van der Waals surface area contributed by atoms with Crippen LogP contribution in [0.2, 0.25) is 10.0 Å². The maximum Gasteiger partial charge on any atom is 0.315 e. The van der Waals surface area contributed by atoms with Crippen LogP contribution in [0.25, 0.3) is 0 Å². The molecule has 0 spiro atoms. The standard InChI is InChI=1S/C12H10Cl4N2O3/c1-11(5-12(11,15)16)10(20)21-4-8(19)18-9-7(14)2-6(13)3-17-9/h2-3H,4-5H2,1H3,(H,17,18,19)/t11-/m0/s1. The zero-order chi connectivity index (χ0) is 15.8. The number of halogens is 4. The van der Waals surface area contributed by atoms with Crippen LogP contribution in [0.1, 0.15) is 13.3 Å². The SMILES string of the molecule is C[C@@]1(C(=O)OCC(=O)Nc2ncc(Cl)cc2Cl)CC1(Cl)Cl. The average molecular weight is 372 g/mol. The lowest BCUT2D eigenvalue weighted by molar-refractivity contribution is -0.152. The predicted octanol–water partition coefficient (Wildman–Crippen LogP) is 3.45. The molecule has 114 valence electrons. The minimum atomic E-state index is -1.14. The monoisotopic (exact) mass is 370 g/mol. The van der Waals surface area contributed by atoms with Crippen LogP contribution in [0.5, 0.6) is 0 Å². The number of nitrogens with zero attached hydrogens (tertiary/aromatic N) is 1. The molecule has 5 nitrogen and oxygen atoms in total. The molecule has 1 N–H and O–H groups in total. The minimum absolute atomic E-state index is 0.129. The van der Waals surface area contributed by atoms with Gasteiger partial charge in [-0.15, -0.1) is 23.2 Å². The van der Waals surface area contributed by atoms with E-state index < -0.39 is 28.2 Å². The summed E-state index contributed by atoms with van der Waals surface area (Å²) in [6, 6.07) is 1.43. The summed E-state index contributed by atoms with van der Waals surface area (Å²) in [6.45, 7) is 1.09. The molecule has 21 heavy (non-hydrogen) atoms. The van der Waals surface area contributed by atoms with Gasteiger partial charge in [-0.25, -0.2) is 4.98 Å². The Balaban J connectivity index is 1.87. The van der Waals surface area contributed by atoms with Crippen molar-refractivity contribution in [1.29, 1.82) is 0 Å². The van der Waals surface area contributed by atoms with Crippen molar-refractivity contribution in [1.82, 2.24) is 4.98 Å². The highest BCUT2D eigenvalue weighted by Crippen LogP contribution is 2.64. The number of pyridine rings is 1. The Morgan fingerprint density at radius 3 is 2.57 bits per heavy atom. The molecule has 1 aliphatic carbocycles. The first-order valence-electron chi connectivity index (χ1n) is 5.82. The van der Waals surface area contributed by atoms with Crippen molar-refractivity contribution in [3.05, 3.63) is 22.3 Å². The first-order chi connectivity index (χ1) is 9.65. The van der Waals surface area contributed by atoms with Gasteiger partial charge in [-0.05, 0) is 13.0 Å². The number of carbonyl (C=O) groups is 2. The van der Waals surface area contributed by atoms with Crippen molar-refractivity contribution in [2.45, 2.75) is 17.7 Å². The molecular formula is C12H10Cl4N2O3. The van der Waals surface area contributed by atoms with Gasteiger partial charge in [-0.1, -0.05) is 23.2 Å². The molecule has 1 heterocycles. The van der Waals surface area contributed by atoms with Gasteiger partial charge in [0, 0.05) is 12.6 Å². The van der Waals surface area contributed by atoms with Crippen LogP contribution < -0.4 is 5.32 Å². The van der Waals surface area contributed by atoms with Crippen LogP contribution in [-0.4, -0.2) is 27.8 Å². The van der Waals surface area contributed by atoms with Crippen LogP contribution in [0.4, 0.5) is 5.82 Å². The molecule has 1 aromatic rings. The smallest absolute Gasteiger partial charge is 0.315 e. The number of rotatable bonds is 4. The zero-order valence-corrected chi connectivity index (χ0v) is 13.8. The quantitative estimate of drug-likeness (QED) is 0.650. The molecule has 0 aromatic carbocycles. The molecule has 1 aliphatic rings. The second kappa shape index (κ2) is 5.80. The maximum atomic E-state index is 11.8. The Kier molecular flexibility index (Phi) is 4.59. The average Bonchev–Trinajstić information content (AvgIpc) is 2.90. The fraction of sp³-hybridized carbons (Fsp3) is 0.417. The number of ether oxygens (including phenoxy) is 1. The molecular weight excluding hydrogens is 362 g/mol. The molecule has 2 rings (SSSR count). The Morgan fingerprint density at radius 2 is 2.05 bits per heavy atom. The largest absolute Gasteiger partial charge is 0.455 e. The van der Waals surface area contributed by atoms with E-state index in [1.54, 1.807) is 6.92 Å². The van der Waals surface area contributed by atoms with E-state index in [1.165, 1.54) is 12.3 Å². The van der Waals surface area contributed by atoms with Crippen molar-refractivity contribution < 1.29 is 14.3 Å². The third-order valence-corrected chi connectivity index (χ3v) is 4.70. The lowest BCUT2D eigenvalue weighted by atomic mass is 10.1. The Bertz CT molecular complexity index is 608. The zero-order valence-electron chi connectivity index (χ0n) is 10.8. The molecule has 0 aliphatic heterocycles. The number of nitrogens with one attached hydrogen (secondary N) is 1. The summed E-state index contributed by atoms with van der Waals surface area (Å²) in [5.74, 6) is -1.08. The summed E-state index contributed by atoms with van der Waals surface area (Å²) < 4.78 is 3.75. The van der Waals surface area contributed by atoms with E-state index in [2.05, 4.69) is 10.3 Å². The molecule has 0 unspecified atom stereocenters. The van der Waals surface area contributed by atoms with Gasteiger partial charge in [0.15, 0.2) is 12.4 Å². The van der Waals surface area contributed by atoms with Gasteiger partial charge in [0.25, 0.3) is 5.91 Å². The number of alkyl halides is 2. The third kappa shape index (κ3) is 3.54. The normalized spacial score (nSPS) is 22.5. The Morgan fingerprint density at radius 1 is 1.43 bits per heavy atom. The van der Waals surface area contributed by atoms with E-state index in [1.807, 2.05) is 0 Å². The second-order valence-electron chi connectivity index (χ2n) is 4.82. The van der Waals surface area contributed by atoms with Crippen molar-refractivity contribution in [3.8, 4) is 0 Å². The molecule has 0 saturated heterocycles. The molecule has 0 bridgehead atoms. The number of hydrogen-bond donors (Lipinski definition) is 1. The van der Waals surface area contributed by atoms with Crippen LogP contribution in [0, 0.1) is 5.41 Å². The lowest BCUT2D eigenvalue weighted by Crippen LogP contribution is -2.27. The number of amides is 1. The number of carbonyl (C=O) groups excluding carboxylic acids is 2. The summed E-state index contributed by atoms with van der Waals surface area (Å²) in [5, 5.41) is 2.92. The van der Waals surface area contributed by atoms with Crippen molar-refractivity contribution >= 4 is 64.1 Å². The fourth-order valence-corrected chi connectivity index (χ4v) is 2.70. The Labute approximate surface area is 140 Å². The van der Waals surface area contributed by atoms with Gasteiger partial charge in [-0.2, -0.15) is 0 Å². The van der Waals surface area contributed by atoms with Crippen LogP contribution in [0.15, 0.2) is 12.3 Å². The molecule has 1 atom stereocenters. The number of anilines is 1. The lowest BCUT2D eigenvalue weighted by Gasteiger charge is -2.12. The number of aromatic nitrogens is 1. The van der Waals surface area contributed by atoms with E-state index in [9.17, 15) is 9.59 Å². The van der Waals surface area contributed by atoms with E-state index in [-0.39, 0.29) is 17.3 Å². The van der Waals surface area contributed by atoms with Crippen LogP contribution >= 0.6 is 46.4 Å². The highest BCUT2D eigenvalue weighted by molar-refractivity contribution is 6.53. The van der Waals surface area contributed by atoms with Gasteiger partial charge in [0.1, 0.15) is 9.75 Å². The molecule has 1 saturated carbocycles. The third-order valence-electron chi connectivity index (χ3n) is 3.11. The second-order valence-corrected chi connectivity index (χ2v) is 7.15. The van der Waals surface area contributed by atoms with Crippen molar-refractivity contribution in [3.63, 3.8) is 0 Å². The van der Waals surface area contributed by atoms with Gasteiger partial charge in [0.2, 0.25) is 0 Å². The van der Waals surface area contributed by atoms with Gasteiger partial charge in [0.05, 0.1) is 10.0 Å². The molecule has 1 amide bonds. The van der Waals surface area contributed by atoms with Gasteiger partial charge < -0.3 is 10.1 Å². The van der Waals surface area contributed by atoms with Gasteiger partial charge >= 0.3 is 5.97 Å². The topological polar surface area (TPSA) is 68.3 Å². The van der Waals surface area contributed by atoms with E-state index in [0.29, 0.717) is 5.02 Å². The molecule has 1 aromatic heterocycles. The van der Waals surface area contributed by atoms with E-state index in [4.69, 9.17) is 51.1 Å². The first-order valence-corrected chi connectivity index (χ1v) is 7.33. The summed E-state index contributed by atoms with van der Waals surface area (Å²) in [4.78, 5) is 27.3. The van der Waals surface area contributed by atoms with Gasteiger partial charge in [-0.3, -0.25) is 9.59 Å². The highest BCUT2D eigenvalue weighted by atomic mass is 35.5. The first kappa shape index (κ1) is 16.6. The van der Waals surface area contributed by atoms with Crippen molar-refractivity contribution in [2.24, 2.45) is 5.41 Å². The highest BCUT2D eigenvalue weighted by Gasteiger charge is 2.69. The van der Waals surface area contributed by atoms with E-state index >= 15 is 0 Å². The van der Waals surface area contributed by atoms with Crippen molar-refractivity contribution in [2.75, 3.05) is 11.9 Å². The predicted molar refractivity (Wildman–Crippen MR) is 81.0 cm³/mol. The summed E-state index contributed by atoms with van der Waals surface area (Å²) in [6.07, 6.45) is 1.61. The van der Waals surface area contributed by atoms with Crippen LogP contribution in [0.3, 0.4) is 0 Å². The number of esters is 1. The molecule has 1 fully saturated rings. The molecule has 0 radical (unpaired) electrons. The summed E-state index contributed by atoms with van der Waals surface area (Å²) in [7, 11) is 0. The molecule has 9 heteroatoms. The minimum Gasteiger partial charge on any atom is -0.455 e.